The van der Waals surface area contributed by atoms with Crippen LogP contribution in [0.4, 0.5) is 13.2 Å². The molecule has 0 bridgehead atoms. The highest BCUT2D eigenvalue weighted by molar-refractivity contribution is 5.37. The first-order valence-electron chi connectivity index (χ1n) is 6.42. The van der Waals surface area contributed by atoms with Gasteiger partial charge in [-0.15, -0.1) is 0 Å². The zero-order valence-electron chi connectivity index (χ0n) is 11.4. The van der Waals surface area contributed by atoms with Crippen molar-refractivity contribution in [3.8, 4) is 0 Å². The Bertz CT molecular complexity index is 476. The molecule has 20 heavy (non-hydrogen) atoms. The maximum absolute atomic E-state index is 12.5. The second-order valence-electron chi connectivity index (χ2n) is 5.13. The molecule has 0 saturated heterocycles. The lowest BCUT2D eigenvalue weighted by molar-refractivity contribution is -0.155. The van der Waals surface area contributed by atoms with Crippen LogP contribution < -0.4 is 0 Å². The molecule has 0 spiro atoms. The van der Waals surface area contributed by atoms with Crippen molar-refractivity contribution in [1.82, 2.24) is 4.90 Å². The predicted octanol–water partition coefficient (Wildman–Crippen LogP) is 2.81. The molecule has 2 unspecified atom stereocenters. The lowest BCUT2D eigenvalue weighted by Gasteiger charge is -2.38. The maximum atomic E-state index is 12.5. The number of aliphatic hydroxyl groups excluding tert-OH is 1. The van der Waals surface area contributed by atoms with Gasteiger partial charge in [-0.25, -0.2) is 0 Å². The molecular formula is C14H18F3NO2. The third kappa shape index (κ3) is 3.31. The number of halogens is 3. The first kappa shape index (κ1) is 15.3. The van der Waals surface area contributed by atoms with Crippen molar-refractivity contribution in [2.75, 3.05) is 20.2 Å². The van der Waals surface area contributed by atoms with E-state index < -0.39 is 18.8 Å². The maximum Gasteiger partial charge on any atom is 0.401 e. The van der Waals surface area contributed by atoms with Gasteiger partial charge in [-0.05, 0) is 23.6 Å². The lowest BCUT2D eigenvalue weighted by atomic mass is 9.90. The van der Waals surface area contributed by atoms with E-state index in [1.807, 2.05) is 12.1 Å². The molecule has 0 aromatic heterocycles. The van der Waals surface area contributed by atoms with Gasteiger partial charge in [0.05, 0.1) is 19.3 Å². The first-order chi connectivity index (χ1) is 9.31. The van der Waals surface area contributed by atoms with E-state index in [1.165, 1.54) is 4.90 Å². The van der Waals surface area contributed by atoms with E-state index in [0.29, 0.717) is 12.2 Å². The summed E-state index contributed by atoms with van der Waals surface area (Å²) in [5.74, 6) is 0. The number of methoxy groups -OCH3 is 1. The second kappa shape index (κ2) is 5.71. The smallest absolute Gasteiger partial charge is 0.387 e. The summed E-state index contributed by atoms with van der Waals surface area (Å²) in [6.45, 7) is 1.13. The van der Waals surface area contributed by atoms with Crippen LogP contribution in [0, 0.1) is 0 Å². The normalized spacial score (nSPS) is 23.7. The minimum absolute atomic E-state index is 0.00981. The molecule has 1 aromatic carbocycles. The van der Waals surface area contributed by atoms with Crippen LogP contribution >= 0.6 is 0 Å². The average Bonchev–Trinajstić information content (AvgIpc) is 2.34. The molecule has 112 valence electrons. The molecule has 1 aliphatic heterocycles. The number of fused-ring (bicyclic) bond motifs is 1. The zero-order valence-corrected chi connectivity index (χ0v) is 11.4. The van der Waals surface area contributed by atoms with Gasteiger partial charge in [-0.3, -0.25) is 4.90 Å². The number of benzene rings is 1. The topological polar surface area (TPSA) is 32.7 Å². The second-order valence-corrected chi connectivity index (χ2v) is 5.13. The zero-order chi connectivity index (χ0) is 14.9. The van der Waals surface area contributed by atoms with Crippen molar-refractivity contribution in [1.29, 1.82) is 0 Å². The molecule has 2 rings (SSSR count). The van der Waals surface area contributed by atoms with Crippen LogP contribution in [0.25, 0.3) is 0 Å². The van der Waals surface area contributed by atoms with Crippen molar-refractivity contribution in [2.45, 2.75) is 31.9 Å². The SMILES string of the molecule is COCc1ccc2c(c1)C(O)CN(CC(F)(F)F)C2C. The van der Waals surface area contributed by atoms with Gasteiger partial charge in [0.1, 0.15) is 0 Å². The molecule has 1 aromatic rings. The Kier molecular flexibility index (Phi) is 4.36. The summed E-state index contributed by atoms with van der Waals surface area (Å²) < 4.78 is 42.7. The Morgan fingerprint density at radius 3 is 2.65 bits per heavy atom. The first-order valence-corrected chi connectivity index (χ1v) is 6.42. The standard InChI is InChI=1S/C14H18F3NO2/c1-9-11-4-3-10(7-20-2)5-12(11)13(19)6-18(9)8-14(15,16)17/h3-5,9,13,19H,6-8H2,1-2H3. The quantitative estimate of drug-likeness (QED) is 0.928. The van der Waals surface area contributed by atoms with E-state index in [0.717, 1.165) is 11.1 Å². The molecule has 3 nitrogen and oxygen atoms in total. The van der Waals surface area contributed by atoms with E-state index in [-0.39, 0.29) is 12.6 Å². The molecule has 0 aliphatic carbocycles. The number of β-amino-alcohol motifs (C(OH)–C–C–N with tert-alkyl or cyclic N) is 1. The summed E-state index contributed by atoms with van der Waals surface area (Å²) in [5.41, 5.74) is 2.35. The highest BCUT2D eigenvalue weighted by atomic mass is 19.4. The number of hydrogen-bond donors (Lipinski definition) is 1. The molecule has 0 saturated carbocycles. The van der Waals surface area contributed by atoms with Crippen LogP contribution in [-0.4, -0.2) is 36.4 Å². The van der Waals surface area contributed by atoms with Crippen LogP contribution in [0.5, 0.6) is 0 Å². The van der Waals surface area contributed by atoms with Crippen molar-refractivity contribution >= 4 is 0 Å². The third-order valence-corrected chi connectivity index (χ3v) is 3.61. The number of hydrogen-bond acceptors (Lipinski definition) is 3. The van der Waals surface area contributed by atoms with Crippen LogP contribution in [0.1, 0.15) is 35.8 Å². The number of alkyl halides is 3. The van der Waals surface area contributed by atoms with Gasteiger partial charge in [-0.2, -0.15) is 13.2 Å². The van der Waals surface area contributed by atoms with E-state index in [9.17, 15) is 18.3 Å². The van der Waals surface area contributed by atoms with Gasteiger partial charge in [0.15, 0.2) is 0 Å². The largest absolute Gasteiger partial charge is 0.401 e. The molecule has 1 N–H and O–H groups in total. The fraction of sp³-hybridized carbons (Fsp3) is 0.571. The van der Waals surface area contributed by atoms with E-state index in [1.54, 1.807) is 20.1 Å². The monoisotopic (exact) mass is 289 g/mol. The highest BCUT2D eigenvalue weighted by Crippen LogP contribution is 2.36. The number of nitrogens with zero attached hydrogens (tertiary/aromatic N) is 1. The van der Waals surface area contributed by atoms with Gasteiger partial charge in [0, 0.05) is 19.7 Å². The predicted molar refractivity (Wildman–Crippen MR) is 68.2 cm³/mol. The molecule has 0 radical (unpaired) electrons. The third-order valence-electron chi connectivity index (χ3n) is 3.61. The summed E-state index contributed by atoms with van der Waals surface area (Å²) in [6, 6.07) is 5.04. The molecular weight excluding hydrogens is 271 g/mol. The van der Waals surface area contributed by atoms with Gasteiger partial charge in [-0.1, -0.05) is 18.2 Å². The number of aliphatic hydroxyl groups is 1. The fourth-order valence-electron chi connectivity index (χ4n) is 2.66. The van der Waals surface area contributed by atoms with Crippen LogP contribution in [-0.2, 0) is 11.3 Å². The summed E-state index contributed by atoms with van der Waals surface area (Å²) in [4.78, 5) is 1.25. The van der Waals surface area contributed by atoms with Crippen molar-refractivity contribution in [3.63, 3.8) is 0 Å². The van der Waals surface area contributed by atoms with Crippen LogP contribution in [0.2, 0.25) is 0 Å². The fourth-order valence-corrected chi connectivity index (χ4v) is 2.66. The van der Waals surface area contributed by atoms with E-state index in [2.05, 4.69) is 0 Å². The Morgan fingerprint density at radius 2 is 2.05 bits per heavy atom. The summed E-state index contributed by atoms with van der Waals surface area (Å²) in [7, 11) is 1.57. The Morgan fingerprint density at radius 1 is 1.35 bits per heavy atom. The summed E-state index contributed by atoms with van der Waals surface area (Å²) in [5, 5.41) is 10.1. The minimum atomic E-state index is -4.26. The average molecular weight is 289 g/mol. The lowest BCUT2D eigenvalue weighted by Crippen LogP contribution is -2.42. The molecule has 0 fully saturated rings. The van der Waals surface area contributed by atoms with E-state index >= 15 is 0 Å². The van der Waals surface area contributed by atoms with Gasteiger partial charge < -0.3 is 9.84 Å². The molecule has 6 heteroatoms. The van der Waals surface area contributed by atoms with Crippen molar-refractivity contribution < 1.29 is 23.0 Å². The number of rotatable bonds is 3. The molecule has 2 atom stereocenters. The Balaban J connectivity index is 2.27. The highest BCUT2D eigenvalue weighted by Gasteiger charge is 2.37. The Labute approximate surface area is 116 Å². The summed E-state index contributed by atoms with van der Waals surface area (Å²) >= 11 is 0. The van der Waals surface area contributed by atoms with E-state index in [4.69, 9.17) is 4.74 Å². The van der Waals surface area contributed by atoms with Crippen molar-refractivity contribution in [3.05, 3.63) is 34.9 Å². The summed E-state index contributed by atoms with van der Waals surface area (Å²) in [6.07, 6.45) is -5.16. The molecule has 0 amide bonds. The van der Waals surface area contributed by atoms with Crippen molar-refractivity contribution in [2.24, 2.45) is 0 Å². The number of ether oxygens (including phenoxy) is 1. The Hall–Kier alpha value is -1.11. The van der Waals surface area contributed by atoms with Crippen LogP contribution in [0.3, 0.4) is 0 Å². The van der Waals surface area contributed by atoms with Gasteiger partial charge >= 0.3 is 6.18 Å². The van der Waals surface area contributed by atoms with Gasteiger partial charge in [0.25, 0.3) is 0 Å². The minimum Gasteiger partial charge on any atom is -0.387 e. The van der Waals surface area contributed by atoms with Crippen LogP contribution in [0.15, 0.2) is 18.2 Å². The molecule has 1 aliphatic rings. The molecule has 1 heterocycles. The van der Waals surface area contributed by atoms with Gasteiger partial charge in [0.2, 0.25) is 0 Å².